The van der Waals surface area contributed by atoms with Crippen molar-refractivity contribution in [3.05, 3.63) is 33.5 Å². The van der Waals surface area contributed by atoms with Crippen molar-refractivity contribution in [3.8, 4) is 0 Å². The summed E-state index contributed by atoms with van der Waals surface area (Å²) in [6.07, 6.45) is 2.22. The Hall–Kier alpha value is -0.410. The van der Waals surface area contributed by atoms with Gasteiger partial charge in [-0.3, -0.25) is 0 Å². The van der Waals surface area contributed by atoms with Gasteiger partial charge in [0.15, 0.2) is 0 Å². The van der Waals surface area contributed by atoms with Crippen LogP contribution in [-0.4, -0.2) is 13.1 Å². The van der Waals surface area contributed by atoms with E-state index >= 15 is 0 Å². The summed E-state index contributed by atoms with van der Waals surface area (Å²) in [6, 6.07) is 3.34. The van der Waals surface area contributed by atoms with Crippen molar-refractivity contribution in [2.24, 2.45) is 0 Å². The summed E-state index contributed by atoms with van der Waals surface area (Å²) in [7, 11) is 0. The maximum Gasteiger partial charge on any atom is 0.127 e. The molecule has 2 rings (SSSR count). The highest BCUT2D eigenvalue weighted by Crippen LogP contribution is 2.32. The predicted octanol–water partition coefficient (Wildman–Crippen LogP) is 3.36. The van der Waals surface area contributed by atoms with Crippen molar-refractivity contribution in [1.29, 1.82) is 0 Å². The van der Waals surface area contributed by atoms with Crippen molar-refractivity contribution >= 4 is 15.9 Å². The highest BCUT2D eigenvalue weighted by Gasteiger charge is 2.21. The van der Waals surface area contributed by atoms with Crippen molar-refractivity contribution in [2.75, 3.05) is 13.1 Å². The molecule has 1 aromatic carbocycles. The van der Waals surface area contributed by atoms with E-state index in [1.54, 1.807) is 12.1 Å². The van der Waals surface area contributed by atoms with E-state index in [-0.39, 0.29) is 5.82 Å². The third-order valence-corrected chi connectivity index (χ3v) is 3.96. The van der Waals surface area contributed by atoms with Gasteiger partial charge >= 0.3 is 0 Å². The first-order chi connectivity index (χ1) is 7.20. The van der Waals surface area contributed by atoms with Gasteiger partial charge in [-0.05, 0) is 55.5 Å². The maximum absolute atomic E-state index is 13.8. The molecule has 1 saturated heterocycles. The molecule has 0 radical (unpaired) electrons. The van der Waals surface area contributed by atoms with Crippen LogP contribution in [0.25, 0.3) is 0 Å². The van der Waals surface area contributed by atoms with E-state index in [0.717, 1.165) is 41.5 Å². The van der Waals surface area contributed by atoms with E-state index in [9.17, 15) is 4.39 Å². The highest BCUT2D eigenvalue weighted by atomic mass is 79.9. The average Bonchev–Trinajstić information content (AvgIpc) is 2.26. The normalized spacial score (nSPS) is 21.7. The standard InChI is InChI=1S/C12H15BrFN/c1-8-10(13)4-5-11(14)12(8)9-3-2-6-15-7-9/h4-5,9,15H,2-3,6-7H2,1H3. The van der Waals surface area contributed by atoms with Crippen LogP contribution in [0, 0.1) is 12.7 Å². The molecule has 1 aliphatic heterocycles. The molecule has 0 amide bonds. The Kier molecular flexibility index (Phi) is 3.42. The number of hydrogen-bond donors (Lipinski definition) is 1. The summed E-state index contributed by atoms with van der Waals surface area (Å²) >= 11 is 3.46. The lowest BCUT2D eigenvalue weighted by atomic mass is 9.88. The molecule has 15 heavy (non-hydrogen) atoms. The second-order valence-corrected chi connectivity index (χ2v) is 4.97. The fraction of sp³-hybridized carbons (Fsp3) is 0.500. The molecule has 3 heteroatoms. The maximum atomic E-state index is 13.8. The van der Waals surface area contributed by atoms with Gasteiger partial charge < -0.3 is 5.32 Å². The van der Waals surface area contributed by atoms with Crippen LogP contribution >= 0.6 is 15.9 Å². The minimum Gasteiger partial charge on any atom is -0.316 e. The van der Waals surface area contributed by atoms with Gasteiger partial charge in [0.1, 0.15) is 5.82 Å². The molecule has 1 atom stereocenters. The molecule has 1 fully saturated rings. The molecule has 1 heterocycles. The number of hydrogen-bond acceptors (Lipinski definition) is 1. The fourth-order valence-electron chi connectivity index (χ4n) is 2.27. The van der Waals surface area contributed by atoms with E-state index in [1.807, 2.05) is 6.92 Å². The molecule has 1 unspecified atom stereocenters. The molecule has 1 aromatic rings. The second kappa shape index (κ2) is 4.62. The Balaban J connectivity index is 2.36. The summed E-state index contributed by atoms with van der Waals surface area (Å²) in [6.45, 7) is 3.94. The molecule has 1 aliphatic rings. The van der Waals surface area contributed by atoms with Gasteiger partial charge in [0.2, 0.25) is 0 Å². The van der Waals surface area contributed by atoms with Crippen molar-refractivity contribution in [2.45, 2.75) is 25.7 Å². The van der Waals surface area contributed by atoms with E-state index in [0.29, 0.717) is 5.92 Å². The van der Waals surface area contributed by atoms with Crippen molar-refractivity contribution in [1.82, 2.24) is 5.32 Å². The summed E-state index contributed by atoms with van der Waals surface area (Å²) in [5, 5.41) is 3.33. The second-order valence-electron chi connectivity index (χ2n) is 4.11. The first-order valence-electron chi connectivity index (χ1n) is 5.35. The zero-order valence-corrected chi connectivity index (χ0v) is 10.4. The van der Waals surface area contributed by atoms with Crippen LogP contribution in [0.1, 0.15) is 29.9 Å². The number of piperidine rings is 1. The van der Waals surface area contributed by atoms with Crippen LogP contribution in [0.4, 0.5) is 4.39 Å². The lowest BCUT2D eigenvalue weighted by molar-refractivity contribution is 0.444. The first kappa shape index (κ1) is 11.1. The van der Waals surface area contributed by atoms with Gasteiger partial charge in [0, 0.05) is 11.0 Å². The molecule has 0 saturated carbocycles. The molecule has 0 aliphatic carbocycles. The lowest BCUT2D eigenvalue weighted by Gasteiger charge is -2.25. The zero-order chi connectivity index (χ0) is 10.8. The molecule has 0 bridgehead atoms. The van der Waals surface area contributed by atoms with Gasteiger partial charge in [-0.15, -0.1) is 0 Å². The Morgan fingerprint density at radius 1 is 1.47 bits per heavy atom. The third-order valence-electron chi connectivity index (χ3n) is 3.10. The number of benzene rings is 1. The van der Waals surface area contributed by atoms with Gasteiger partial charge in [-0.1, -0.05) is 15.9 Å². The van der Waals surface area contributed by atoms with Gasteiger partial charge in [0.05, 0.1) is 0 Å². The Bertz CT molecular complexity index is 359. The predicted molar refractivity (Wildman–Crippen MR) is 63.7 cm³/mol. The lowest BCUT2D eigenvalue weighted by Crippen LogP contribution is -2.29. The molecule has 1 nitrogen and oxygen atoms in total. The SMILES string of the molecule is Cc1c(Br)ccc(F)c1C1CCCNC1. The summed E-state index contributed by atoms with van der Waals surface area (Å²) < 4.78 is 14.8. The molecule has 0 aromatic heterocycles. The summed E-state index contributed by atoms with van der Waals surface area (Å²) in [5.74, 6) is 0.264. The van der Waals surface area contributed by atoms with E-state index in [4.69, 9.17) is 0 Å². The number of nitrogens with one attached hydrogen (secondary N) is 1. The zero-order valence-electron chi connectivity index (χ0n) is 8.82. The Morgan fingerprint density at radius 2 is 2.27 bits per heavy atom. The van der Waals surface area contributed by atoms with Crippen LogP contribution in [0.15, 0.2) is 16.6 Å². The Morgan fingerprint density at radius 3 is 2.93 bits per heavy atom. The van der Waals surface area contributed by atoms with E-state index < -0.39 is 0 Å². The van der Waals surface area contributed by atoms with Crippen LogP contribution in [0.3, 0.4) is 0 Å². The van der Waals surface area contributed by atoms with Crippen LogP contribution in [0.2, 0.25) is 0 Å². The average molecular weight is 272 g/mol. The molecule has 1 N–H and O–H groups in total. The number of halogens is 2. The number of rotatable bonds is 1. The van der Waals surface area contributed by atoms with Gasteiger partial charge in [0.25, 0.3) is 0 Å². The van der Waals surface area contributed by atoms with Crippen LogP contribution in [0.5, 0.6) is 0 Å². The third kappa shape index (κ3) is 2.23. The summed E-state index contributed by atoms with van der Waals surface area (Å²) in [5.41, 5.74) is 1.93. The van der Waals surface area contributed by atoms with E-state index in [2.05, 4.69) is 21.2 Å². The van der Waals surface area contributed by atoms with Crippen LogP contribution in [-0.2, 0) is 0 Å². The summed E-state index contributed by atoms with van der Waals surface area (Å²) in [4.78, 5) is 0. The van der Waals surface area contributed by atoms with E-state index in [1.165, 1.54) is 0 Å². The molecule has 0 spiro atoms. The largest absolute Gasteiger partial charge is 0.316 e. The van der Waals surface area contributed by atoms with Gasteiger partial charge in [-0.2, -0.15) is 0 Å². The van der Waals surface area contributed by atoms with Crippen molar-refractivity contribution < 1.29 is 4.39 Å². The molecular weight excluding hydrogens is 257 g/mol. The monoisotopic (exact) mass is 271 g/mol. The Labute approximate surface area is 98.2 Å². The fourth-order valence-corrected chi connectivity index (χ4v) is 2.61. The molecular formula is C12H15BrFN. The first-order valence-corrected chi connectivity index (χ1v) is 6.14. The van der Waals surface area contributed by atoms with Crippen molar-refractivity contribution in [3.63, 3.8) is 0 Å². The minimum atomic E-state index is -0.0654. The smallest absolute Gasteiger partial charge is 0.127 e. The highest BCUT2D eigenvalue weighted by molar-refractivity contribution is 9.10. The molecule has 82 valence electrons. The minimum absolute atomic E-state index is 0.0654. The van der Waals surface area contributed by atoms with Crippen LogP contribution < -0.4 is 5.32 Å². The topological polar surface area (TPSA) is 12.0 Å². The quantitative estimate of drug-likeness (QED) is 0.826. The van der Waals surface area contributed by atoms with Gasteiger partial charge in [-0.25, -0.2) is 4.39 Å².